The van der Waals surface area contributed by atoms with E-state index in [-0.39, 0.29) is 18.9 Å². The fraction of sp³-hybridized carbons (Fsp3) is 0.909. The number of rotatable bonds is 20. The molecule has 3 fully saturated rings. The molecule has 0 spiro atoms. The van der Waals surface area contributed by atoms with Gasteiger partial charge >= 0.3 is 0 Å². The van der Waals surface area contributed by atoms with Crippen molar-refractivity contribution in [3.8, 4) is 0 Å². The summed E-state index contributed by atoms with van der Waals surface area (Å²) in [6, 6.07) is -0.956. The van der Waals surface area contributed by atoms with Crippen molar-refractivity contribution in [2.45, 2.75) is 163 Å². The van der Waals surface area contributed by atoms with Gasteiger partial charge in [-0.3, -0.25) is 4.79 Å². The normalized spacial score (nSPS) is 39.8. The molecule has 0 radical (unpaired) electrons. The zero-order chi connectivity index (χ0) is 38.5. The van der Waals surface area contributed by atoms with Crippen LogP contribution in [0.5, 0.6) is 0 Å². The topological polar surface area (TPSA) is 307 Å². The Morgan fingerprint density at radius 3 is 1.71 bits per heavy atom. The van der Waals surface area contributed by atoms with Crippen molar-refractivity contribution in [2.75, 3.05) is 26.4 Å². The van der Waals surface area contributed by atoms with Crippen molar-refractivity contribution in [2.24, 2.45) is 0 Å². The van der Waals surface area contributed by atoms with Crippen molar-refractivity contribution in [1.29, 1.82) is 0 Å². The lowest BCUT2D eigenvalue weighted by Crippen LogP contribution is -2.66. The largest absolute Gasteiger partial charge is 0.394 e. The average molecular weight is 758 g/mol. The number of carbonyl (C=O) groups excluding carboxylic acids is 1. The van der Waals surface area contributed by atoms with E-state index < -0.39 is 124 Å². The highest BCUT2D eigenvalue weighted by Gasteiger charge is 2.53. The lowest BCUT2D eigenvalue weighted by Gasteiger charge is -2.48. The van der Waals surface area contributed by atoms with Crippen molar-refractivity contribution < 1.29 is 89.4 Å². The summed E-state index contributed by atoms with van der Waals surface area (Å²) < 4.78 is 33.5. The van der Waals surface area contributed by atoms with Crippen LogP contribution in [0.4, 0.5) is 0 Å². The Hall–Kier alpha value is -1.47. The molecule has 3 rings (SSSR count). The van der Waals surface area contributed by atoms with Gasteiger partial charge in [-0.1, -0.05) is 45.3 Å². The molecule has 17 unspecified atom stereocenters. The van der Waals surface area contributed by atoms with Gasteiger partial charge in [-0.2, -0.15) is 0 Å². The third-order valence-electron chi connectivity index (χ3n) is 9.34. The van der Waals surface area contributed by atoms with Gasteiger partial charge < -0.3 is 89.9 Å². The van der Waals surface area contributed by atoms with Crippen LogP contribution in [0, 0.1) is 0 Å². The van der Waals surface area contributed by atoms with Gasteiger partial charge in [0.1, 0.15) is 73.2 Å². The molecule has 304 valence electrons. The smallest absolute Gasteiger partial charge is 0.220 e. The first kappa shape index (κ1) is 44.9. The van der Waals surface area contributed by atoms with Gasteiger partial charge in [0, 0.05) is 6.42 Å². The summed E-state index contributed by atoms with van der Waals surface area (Å²) >= 11 is 0. The summed E-state index contributed by atoms with van der Waals surface area (Å²) in [4.78, 5) is 12.5. The molecule has 3 saturated heterocycles. The number of aliphatic hydroxyl groups excluding tert-OH is 11. The second-order valence-corrected chi connectivity index (χ2v) is 13.3. The highest BCUT2D eigenvalue weighted by atomic mass is 16.8. The Morgan fingerprint density at radius 2 is 1.17 bits per heavy atom. The first-order valence-corrected chi connectivity index (χ1v) is 17.9. The lowest BCUT2D eigenvalue weighted by atomic mass is 9.96. The Morgan fingerprint density at radius 1 is 0.673 bits per heavy atom. The van der Waals surface area contributed by atoms with Gasteiger partial charge in [-0.05, 0) is 19.3 Å². The Balaban J connectivity index is 1.66. The second-order valence-electron chi connectivity index (χ2n) is 13.3. The van der Waals surface area contributed by atoms with Gasteiger partial charge in [-0.15, -0.1) is 0 Å². The van der Waals surface area contributed by atoms with Gasteiger partial charge in [0.25, 0.3) is 0 Å². The minimum atomic E-state index is -1.97. The fourth-order valence-corrected chi connectivity index (χ4v) is 6.10. The molecule has 19 heteroatoms. The minimum absolute atomic E-state index is 0.217. The molecule has 3 aliphatic heterocycles. The number of hydrogen-bond acceptors (Lipinski definition) is 18. The van der Waals surface area contributed by atoms with Gasteiger partial charge in [-0.25, -0.2) is 0 Å². The van der Waals surface area contributed by atoms with Crippen molar-refractivity contribution >= 4 is 5.91 Å². The number of hydrogen-bond donors (Lipinski definition) is 12. The summed E-state index contributed by atoms with van der Waals surface area (Å²) in [6.07, 6.45) is -18.0. The molecule has 52 heavy (non-hydrogen) atoms. The third kappa shape index (κ3) is 11.8. The highest BCUT2D eigenvalue weighted by molar-refractivity contribution is 5.76. The maximum Gasteiger partial charge on any atom is 0.220 e. The Kier molecular flexibility index (Phi) is 19.2. The lowest BCUT2D eigenvalue weighted by molar-refractivity contribution is -0.379. The molecular formula is C33H59NO18. The summed E-state index contributed by atoms with van der Waals surface area (Å²) in [5.41, 5.74) is 0. The molecule has 0 bridgehead atoms. The van der Waals surface area contributed by atoms with E-state index in [9.17, 15) is 61.0 Å². The number of unbranched alkanes of at least 4 members (excludes halogenated alkanes) is 4. The SMILES string of the molecule is CCCCC/C=C/C(O)C(COC1OC(CO)C(OC2OC(CO)C(OC3OC(CO)C(O)C(O)C3O)C(O)C2O)C(O)C1O)NC(=O)CCCC. The molecule has 3 aliphatic rings. The zero-order valence-corrected chi connectivity index (χ0v) is 29.5. The number of nitrogens with one attached hydrogen (secondary N) is 1. The number of aliphatic hydroxyl groups is 11. The molecule has 1 amide bonds. The standard InChI is InChI=1S/C33H59NO18/c1-3-5-7-8-9-10-17(38)16(34-21(39)11-6-4-2)15-47-31-27(45)24(42)29(19(13-36)49-31)52-33-28(46)25(43)30(20(14-37)50-33)51-32-26(44)23(41)22(40)18(12-35)48-32/h9-10,16-20,22-33,35-38,40-46H,3-8,11-15H2,1-2H3,(H,34,39)/b10-9+. The molecule has 17 atom stereocenters. The Bertz CT molecular complexity index is 1050. The number of ether oxygens (including phenoxy) is 6. The van der Waals surface area contributed by atoms with Crippen LogP contribution < -0.4 is 5.32 Å². The molecule has 0 aromatic carbocycles. The van der Waals surface area contributed by atoms with Crippen molar-refractivity contribution in [1.82, 2.24) is 5.32 Å². The molecule has 0 aromatic heterocycles. The Labute approximate surface area is 302 Å². The predicted octanol–water partition coefficient (Wildman–Crippen LogP) is -4.38. The van der Waals surface area contributed by atoms with Crippen LogP contribution in [0.25, 0.3) is 0 Å². The molecule has 0 saturated carbocycles. The quantitative estimate of drug-likeness (QED) is 0.0412. The number of amides is 1. The van der Waals surface area contributed by atoms with Gasteiger partial charge in [0.2, 0.25) is 5.91 Å². The highest BCUT2D eigenvalue weighted by Crippen LogP contribution is 2.32. The maximum absolute atomic E-state index is 12.5. The molecule has 3 heterocycles. The third-order valence-corrected chi connectivity index (χ3v) is 9.34. The average Bonchev–Trinajstić information content (AvgIpc) is 3.14. The van der Waals surface area contributed by atoms with E-state index in [1.54, 1.807) is 12.2 Å². The van der Waals surface area contributed by atoms with E-state index in [0.717, 1.165) is 32.1 Å². The number of allylic oxidation sites excluding steroid dienone is 1. The van der Waals surface area contributed by atoms with Crippen molar-refractivity contribution in [3.63, 3.8) is 0 Å². The first-order valence-electron chi connectivity index (χ1n) is 17.9. The molecule has 12 N–H and O–H groups in total. The second kappa shape index (κ2) is 22.2. The van der Waals surface area contributed by atoms with Crippen LogP contribution in [0.15, 0.2) is 12.2 Å². The van der Waals surface area contributed by atoms with Crippen LogP contribution in [0.1, 0.15) is 58.8 Å². The fourth-order valence-electron chi connectivity index (χ4n) is 6.10. The first-order chi connectivity index (χ1) is 24.8. The van der Waals surface area contributed by atoms with Crippen LogP contribution in [0.3, 0.4) is 0 Å². The van der Waals surface area contributed by atoms with Crippen LogP contribution in [-0.2, 0) is 33.2 Å². The van der Waals surface area contributed by atoms with Crippen LogP contribution in [-0.4, -0.2) is 193 Å². The summed E-state index contributed by atoms with van der Waals surface area (Å²) in [7, 11) is 0. The molecule has 0 aromatic rings. The van der Waals surface area contributed by atoms with Gasteiger partial charge in [0.15, 0.2) is 18.9 Å². The molecular weight excluding hydrogens is 698 g/mol. The predicted molar refractivity (Wildman–Crippen MR) is 176 cm³/mol. The van der Waals surface area contributed by atoms with Crippen molar-refractivity contribution in [3.05, 3.63) is 12.2 Å². The number of carbonyl (C=O) groups is 1. The van der Waals surface area contributed by atoms with E-state index in [0.29, 0.717) is 6.42 Å². The van der Waals surface area contributed by atoms with Gasteiger partial charge in [0.05, 0.1) is 38.6 Å². The zero-order valence-electron chi connectivity index (χ0n) is 29.5. The summed E-state index contributed by atoms with van der Waals surface area (Å²) in [5, 5.41) is 117. The van der Waals surface area contributed by atoms with E-state index in [4.69, 9.17) is 28.4 Å². The van der Waals surface area contributed by atoms with E-state index in [1.807, 2.05) is 6.92 Å². The van der Waals surface area contributed by atoms with E-state index in [2.05, 4.69) is 12.2 Å². The van der Waals surface area contributed by atoms with Crippen LogP contribution >= 0.6 is 0 Å². The molecule has 0 aliphatic carbocycles. The molecule has 19 nitrogen and oxygen atoms in total. The van der Waals surface area contributed by atoms with E-state index >= 15 is 0 Å². The monoisotopic (exact) mass is 757 g/mol. The van der Waals surface area contributed by atoms with Crippen LogP contribution in [0.2, 0.25) is 0 Å². The summed E-state index contributed by atoms with van der Waals surface area (Å²) in [6.45, 7) is 1.22. The minimum Gasteiger partial charge on any atom is -0.394 e. The summed E-state index contributed by atoms with van der Waals surface area (Å²) in [5.74, 6) is -0.323. The van der Waals surface area contributed by atoms with E-state index in [1.165, 1.54) is 0 Å². The maximum atomic E-state index is 12.5.